The predicted molar refractivity (Wildman–Crippen MR) is 386 cm³/mol. The van der Waals surface area contributed by atoms with Crippen LogP contribution in [0.3, 0.4) is 0 Å². The van der Waals surface area contributed by atoms with E-state index in [2.05, 4.69) is 48.5 Å². The quantitative estimate of drug-likeness (QED) is 0.0222. The fourth-order valence-electron chi connectivity index (χ4n) is 11.6. The summed E-state index contributed by atoms with van der Waals surface area (Å²) in [5.41, 5.74) is 0. The van der Waals surface area contributed by atoms with Crippen LogP contribution in [0.4, 0.5) is 0 Å². The van der Waals surface area contributed by atoms with Crippen LogP contribution in [0.15, 0.2) is 0 Å². The molecule has 0 aliphatic rings. The van der Waals surface area contributed by atoms with Gasteiger partial charge in [0.1, 0.15) is 19.3 Å². The summed E-state index contributed by atoms with van der Waals surface area (Å²) in [6.45, 7) is 11.9. The molecule has 564 valence electrons. The van der Waals surface area contributed by atoms with E-state index in [-0.39, 0.29) is 25.7 Å². The third-order valence-electron chi connectivity index (χ3n) is 17.6. The van der Waals surface area contributed by atoms with Crippen molar-refractivity contribution in [3.05, 3.63) is 0 Å². The molecule has 0 heterocycles. The van der Waals surface area contributed by atoms with Crippen molar-refractivity contribution in [2.45, 2.75) is 407 Å². The van der Waals surface area contributed by atoms with E-state index in [1.807, 2.05) is 0 Å². The molecule has 2 unspecified atom stereocenters. The highest BCUT2D eigenvalue weighted by molar-refractivity contribution is 7.47. The second kappa shape index (κ2) is 66.6. The summed E-state index contributed by atoms with van der Waals surface area (Å²) in [4.78, 5) is 72.8. The minimum atomic E-state index is -4.96. The fourth-order valence-corrected chi connectivity index (χ4v) is 13.2. The lowest BCUT2D eigenvalue weighted by Crippen LogP contribution is -2.30. The average Bonchev–Trinajstić information content (AvgIpc) is 1.63. The number of aliphatic hydroxyl groups is 1. The van der Waals surface area contributed by atoms with Crippen LogP contribution in [-0.4, -0.2) is 96.7 Å². The Labute approximate surface area is 581 Å². The van der Waals surface area contributed by atoms with Gasteiger partial charge in [0.05, 0.1) is 26.4 Å². The van der Waals surface area contributed by atoms with E-state index in [1.165, 1.54) is 199 Å². The maximum absolute atomic E-state index is 13.1. The first kappa shape index (κ1) is 93.1. The fraction of sp³-hybridized carbons (Fsp3) is 0.947. The molecule has 0 aliphatic carbocycles. The monoisotopic (exact) mass is 1400 g/mol. The maximum atomic E-state index is 13.1. The molecule has 0 spiro atoms. The van der Waals surface area contributed by atoms with Crippen molar-refractivity contribution >= 4 is 39.5 Å². The molecule has 0 aromatic rings. The van der Waals surface area contributed by atoms with Crippen molar-refractivity contribution in [3.8, 4) is 0 Å². The van der Waals surface area contributed by atoms with Gasteiger partial charge in [0.2, 0.25) is 0 Å². The Kier molecular flexibility index (Phi) is 65.2. The van der Waals surface area contributed by atoms with Gasteiger partial charge < -0.3 is 33.8 Å². The Morgan fingerprint density at radius 2 is 0.484 bits per heavy atom. The van der Waals surface area contributed by atoms with Crippen LogP contribution < -0.4 is 0 Å². The Morgan fingerprint density at radius 1 is 0.284 bits per heavy atom. The third kappa shape index (κ3) is 70.3. The summed E-state index contributed by atoms with van der Waals surface area (Å²) >= 11 is 0. The number of phosphoric acid groups is 2. The van der Waals surface area contributed by atoms with Gasteiger partial charge >= 0.3 is 39.5 Å². The average molecular weight is 1400 g/mol. The van der Waals surface area contributed by atoms with Crippen molar-refractivity contribution in [1.29, 1.82) is 0 Å². The summed E-state index contributed by atoms with van der Waals surface area (Å²) in [6.07, 6.45) is 52.6. The van der Waals surface area contributed by atoms with Crippen molar-refractivity contribution < 1.29 is 80.2 Å². The van der Waals surface area contributed by atoms with Gasteiger partial charge in [-0.2, -0.15) is 0 Å². The number of carbonyl (C=O) groups excluding carboxylic acids is 4. The van der Waals surface area contributed by atoms with Crippen LogP contribution in [0, 0.1) is 17.8 Å². The van der Waals surface area contributed by atoms with Crippen molar-refractivity contribution in [2.24, 2.45) is 17.8 Å². The van der Waals surface area contributed by atoms with Gasteiger partial charge in [0, 0.05) is 25.7 Å². The molecule has 0 rings (SSSR count). The minimum Gasteiger partial charge on any atom is -0.462 e. The molecule has 0 amide bonds. The molecule has 17 nitrogen and oxygen atoms in total. The van der Waals surface area contributed by atoms with Gasteiger partial charge in [-0.25, -0.2) is 9.13 Å². The first-order valence-electron chi connectivity index (χ1n) is 39.3. The summed E-state index contributed by atoms with van der Waals surface area (Å²) in [7, 11) is -9.91. The molecule has 5 atom stereocenters. The van der Waals surface area contributed by atoms with Crippen LogP contribution in [0.1, 0.15) is 389 Å². The summed E-state index contributed by atoms with van der Waals surface area (Å²) in [6, 6.07) is 0. The SMILES string of the molecule is CCCCCCCCCCCCCCC(=O)OC[C@H](COP(=O)(O)OC[C@H](O)COP(=O)(O)OC[C@@H](COC(=O)CCCCCCCCCCCCCC(C)C)OC(=O)CCCCCCCCCCCCCCCCC(C)C)OC(=O)CCCCCCCCCCCC(C)C. The molecule has 0 fully saturated rings. The zero-order valence-corrected chi connectivity index (χ0v) is 63.9. The minimum absolute atomic E-state index is 0.105. The molecule has 0 aromatic heterocycles. The molecule has 19 heteroatoms. The van der Waals surface area contributed by atoms with Crippen LogP contribution in [0.2, 0.25) is 0 Å². The van der Waals surface area contributed by atoms with Gasteiger partial charge in [0.15, 0.2) is 12.2 Å². The predicted octanol–water partition coefficient (Wildman–Crippen LogP) is 22.2. The molecular formula is C76H148O17P2. The molecule has 0 aromatic carbocycles. The number of hydrogen-bond donors (Lipinski definition) is 3. The van der Waals surface area contributed by atoms with Crippen molar-refractivity contribution in [3.63, 3.8) is 0 Å². The highest BCUT2D eigenvalue weighted by atomic mass is 31.2. The topological polar surface area (TPSA) is 237 Å². The molecular weight excluding hydrogens is 1250 g/mol. The molecule has 0 saturated heterocycles. The van der Waals surface area contributed by atoms with Gasteiger partial charge in [-0.15, -0.1) is 0 Å². The zero-order valence-electron chi connectivity index (χ0n) is 62.1. The molecule has 0 radical (unpaired) electrons. The smallest absolute Gasteiger partial charge is 0.462 e. The maximum Gasteiger partial charge on any atom is 0.472 e. The van der Waals surface area contributed by atoms with E-state index in [1.54, 1.807) is 0 Å². The normalized spacial score (nSPS) is 14.1. The lowest BCUT2D eigenvalue weighted by molar-refractivity contribution is -0.161. The first-order chi connectivity index (χ1) is 45.7. The molecule has 3 N–H and O–H groups in total. The Hall–Kier alpha value is -1.94. The molecule has 0 aliphatic heterocycles. The van der Waals surface area contributed by atoms with E-state index in [4.69, 9.17) is 37.0 Å². The largest absolute Gasteiger partial charge is 0.472 e. The Balaban J connectivity index is 5.26. The number of ether oxygens (including phenoxy) is 4. The first-order valence-corrected chi connectivity index (χ1v) is 42.3. The lowest BCUT2D eigenvalue weighted by Gasteiger charge is -2.21. The van der Waals surface area contributed by atoms with Gasteiger partial charge in [-0.1, -0.05) is 337 Å². The number of hydrogen-bond acceptors (Lipinski definition) is 15. The number of carbonyl (C=O) groups is 4. The molecule has 0 bridgehead atoms. The zero-order chi connectivity index (χ0) is 70.1. The van der Waals surface area contributed by atoms with Crippen molar-refractivity contribution in [1.82, 2.24) is 0 Å². The number of unbranched alkanes of at least 4 members (excludes halogenated alkanes) is 42. The van der Waals surface area contributed by atoms with Gasteiger partial charge in [-0.3, -0.25) is 37.3 Å². The van der Waals surface area contributed by atoms with Gasteiger partial charge in [-0.05, 0) is 43.4 Å². The number of phosphoric ester groups is 2. The third-order valence-corrected chi connectivity index (χ3v) is 19.5. The second-order valence-electron chi connectivity index (χ2n) is 28.8. The van der Waals surface area contributed by atoms with Crippen LogP contribution >= 0.6 is 15.6 Å². The second-order valence-corrected chi connectivity index (χ2v) is 31.7. The van der Waals surface area contributed by atoms with Gasteiger partial charge in [0.25, 0.3) is 0 Å². The molecule has 95 heavy (non-hydrogen) atoms. The number of rotatable bonds is 74. The van der Waals surface area contributed by atoms with E-state index < -0.39 is 97.5 Å². The highest BCUT2D eigenvalue weighted by Gasteiger charge is 2.30. The summed E-state index contributed by atoms with van der Waals surface area (Å²) < 4.78 is 68.5. The highest BCUT2D eigenvalue weighted by Crippen LogP contribution is 2.45. The summed E-state index contributed by atoms with van der Waals surface area (Å²) in [5, 5.41) is 10.6. The molecule has 0 saturated carbocycles. The Bertz CT molecular complexity index is 1850. The standard InChI is InChI=1S/C76H148O17P2/c1-8-9-10-11-12-13-14-22-29-36-43-50-57-73(78)86-64-72(93-76(81)60-53-46-39-32-25-28-35-42-49-56-69(6)7)66-91-95(84,85)89-62-70(77)61-88-94(82,83)90-65-71(63-87-74(79)58-51-44-37-30-24-19-21-27-34-41-48-55-68(4)5)92-75(80)59-52-45-38-31-23-18-16-15-17-20-26-33-40-47-54-67(2)3/h67-72,77H,8-66H2,1-7H3,(H,82,83)(H,84,85)/t70-,71-,72-/m1/s1. The van der Waals surface area contributed by atoms with Crippen LogP contribution in [-0.2, 0) is 65.4 Å². The van der Waals surface area contributed by atoms with Crippen LogP contribution in [0.5, 0.6) is 0 Å². The van der Waals surface area contributed by atoms with Crippen LogP contribution in [0.25, 0.3) is 0 Å². The van der Waals surface area contributed by atoms with E-state index >= 15 is 0 Å². The summed E-state index contributed by atoms with van der Waals surface area (Å²) in [5.74, 6) is 0.186. The van der Waals surface area contributed by atoms with E-state index in [0.717, 1.165) is 108 Å². The Morgan fingerprint density at radius 3 is 0.716 bits per heavy atom. The van der Waals surface area contributed by atoms with Crippen molar-refractivity contribution in [2.75, 3.05) is 39.6 Å². The van der Waals surface area contributed by atoms with E-state index in [0.29, 0.717) is 25.7 Å². The number of aliphatic hydroxyl groups excluding tert-OH is 1. The number of esters is 4. The van der Waals surface area contributed by atoms with E-state index in [9.17, 15) is 43.2 Å². The lowest BCUT2D eigenvalue weighted by atomic mass is 10.0.